The molecular weight excluding hydrogens is 211 g/mol. The van der Waals surface area contributed by atoms with Gasteiger partial charge in [0.05, 0.1) is 0 Å². The number of ether oxygens (including phenoxy) is 1. The van der Waals surface area contributed by atoms with Crippen LogP contribution in [-0.2, 0) is 14.3 Å². The van der Waals surface area contributed by atoms with Gasteiger partial charge in [0, 0.05) is 13.7 Å². The van der Waals surface area contributed by atoms with E-state index in [1.54, 1.807) is 6.41 Å². The molecule has 0 radical (unpaired) electrons. The number of hydrogen-bond acceptors (Lipinski definition) is 3. The minimum Gasteiger partial charge on any atom is -0.530 e. The summed E-state index contributed by atoms with van der Waals surface area (Å²) in [5, 5.41) is 5.09. The van der Waals surface area contributed by atoms with E-state index in [0.29, 0.717) is 13.1 Å². The third-order valence-electron chi connectivity index (χ3n) is 1.40. The average Bonchev–Trinajstić information content (AvgIpc) is 2.11. The third-order valence-corrected chi connectivity index (χ3v) is 1.40. The normalized spacial score (nSPS) is 8.64. The second kappa shape index (κ2) is 13.5. The molecule has 0 aromatic rings. The van der Waals surface area contributed by atoms with Crippen LogP contribution in [0.4, 0.5) is 0 Å². The summed E-state index contributed by atoms with van der Waals surface area (Å²) in [7, 11) is 1.48. The Kier molecular flexibility index (Phi) is 16.4. The zero-order valence-corrected chi connectivity index (χ0v) is 11.9. The van der Waals surface area contributed by atoms with Crippen molar-refractivity contribution in [3.05, 3.63) is 0 Å². The molecule has 0 spiro atoms. The molecule has 0 bridgehead atoms. The second-order valence-corrected chi connectivity index (χ2v) is 2.52. The molecular formula is C8H15KN2O3. The molecule has 0 aromatic carbocycles. The van der Waals surface area contributed by atoms with Crippen molar-refractivity contribution in [3.63, 3.8) is 0 Å². The first-order chi connectivity index (χ1) is 6.31. The number of methoxy groups -OCH3 is 1. The minimum atomic E-state index is -0.114. The van der Waals surface area contributed by atoms with Crippen LogP contribution in [0.5, 0.6) is 0 Å². The number of unbranched alkanes of at least 4 members (excludes halogenated alkanes) is 1. The van der Waals surface area contributed by atoms with E-state index >= 15 is 0 Å². The van der Waals surface area contributed by atoms with Gasteiger partial charge in [-0.15, -0.1) is 0 Å². The molecule has 0 aliphatic carbocycles. The van der Waals surface area contributed by atoms with Crippen molar-refractivity contribution in [1.82, 2.24) is 10.6 Å². The molecule has 0 saturated carbocycles. The maximum atomic E-state index is 10.8. The average molecular weight is 226 g/mol. The summed E-state index contributed by atoms with van der Waals surface area (Å²) in [4.78, 5) is 20.5. The summed E-state index contributed by atoms with van der Waals surface area (Å²) in [6.07, 6.45) is 3.25. The fourth-order valence-electron chi connectivity index (χ4n) is 0.799. The number of carbonyl (C=O) groups excluding carboxylic acids is 2. The largest absolute Gasteiger partial charge is 1.00 e. The molecule has 6 heteroatoms. The summed E-state index contributed by atoms with van der Waals surface area (Å²) in [6, 6.07) is 0. The van der Waals surface area contributed by atoms with Gasteiger partial charge >= 0.3 is 51.4 Å². The van der Waals surface area contributed by atoms with E-state index in [1.165, 1.54) is 7.11 Å². The van der Waals surface area contributed by atoms with Crippen LogP contribution in [0.25, 0.3) is 0 Å². The van der Waals surface area contributed by atoms with Crippen molar-refractivity contribution < 1.29 is 65.7 Å². The van der Waals surface area contributed by atoms with Crippen LogP contribution < -0.4 is 62.0 Å². The number of nitrogens with one attached hydrogen (secondary N) is 2. The van der Waals surface area contributed by atoms with Gasteiger partial charge in [-0.05, 0) is 19.4 Å². The first-order valence-electron chi connectivity index (χ1n) is 4.17. The maximum absolute atomic E-state index is 10.8. The minimum absolute atomic E-state index is 0. The first-order valence-corrected chi connectivity index (χ1v) is 4.17. The quantitative estimate of drug-likeness (QED) is 0.193. The fourth-order valence-corrected chi connectivity index (χ4v) is 0.799. The molecule has 5 nitrogen and oxygen atoms in total. The Morgan fingerprint density at radius 1 is 1.36 bits per heavy atom. The maximum Gasteiger partial charge on any atom is 1.00 e. The molecule has 0 saturated heterocycles. The summed E-state index contributed by atoms with van der Waals surface area (Å²) in [5.74, 6) is -0.114. The summed E-state index contributed by atoms with van der Waals surface area (Å²) in [6.45, 7) is 1.31. The summed E-state index contributed by atoms with van der Waals surface area (Å²) >= 11 is 0. The second-order valence-electron chi connectivity index (χ2n) is 2.52. The molecule has 14 heavy (non-hydrogen) atoms. The van der Waals surface area contributed by atoms with Crippen LogP contribution in [0.1, 0.15) is 12.8 Å². The van der Waals surface area contributed by atoms with Gasteiger partial charge in [-0.3, -0.25) is 4.79 Å². The Morgan fingerprint density at radius 3 is 2.57 bits per heavy atom. The van der Waals surface area contributed by atoms with Crippen molar-refractivity contribution in [1.29, 1.82) is 0 Å². The van der Waals surface area contributed by atoms with E-state index in [1.807, 2.05) is 0 Å². The molecule has 0 fully saturated rings. The van der Waals surface area contributed by atoms with Gasteiger partial charge in [-0.25, -0.2) is 0 Å². The van der Waals surface area contributed by atoms with Crippen molar-refractivity contribution in [3.8, 4) is 0 Å². The van der Waals surface area contributed by atoms with Crippen molar-refractivity contribution in [2.45, 2.75) is 12.8 Å². The number of amides is 2. The standard InChI is InChI=1S/C8H15N2O3.K/c1-13-6-8(12)10-5-3-2-4-9-7-11;/h2-6H2,1H3,(H,9,11)(H,10,12);/q-1;+1. The fraction of sp³-hybridized carbons (Fsp3) is 0.750. The Labute approximate surface area is 127 Å². The predicted molar refractivity (Wildman–Crippen MR) is 47.8 cm³/mol. The van der Waals surface area contributed by atoms with Gasteiger partial charge in [0.15, 0.2) is 0 Å². The van der Waals surface area contributed by atoms with E-state index in [4.69, 9.17) is 0 Å². The molecule has 0 aliphatic rings. The molecule has 0 aliphatic heterocycles. The van der Waals surface area contributed by atoms with Gasteiger partial charge in [0.25, 0.3) is 0 Å². The Morgan fingerprint density at radius 2 is 2.00 bits per heavy atom. The number of hydrogen-bond donors (Lipinski definition) is 2. The number of carbonyl (C=O) groups is 1. The summed E-state index contributed by atoms with van der Waals surface area (Å²) < 4.78 is 4.62. The Hall–Kier alpha value is 0.536. The van der Waals surface area contributed by atoms with Crippen LogP contribution in [0, 0.1) is 0 Å². The van der Waals surface area contributed by atoms with E-state index in [9.17, 15) is 9.59 Å². The summed E-state index contributed by atoms with van der Waals surface area (Å²) in [5.41, 5.74) is 0. The van der Waals surface area contributed by atoms with Crippen LogP contribution in [0.2, 0.25) is 0 Å². The molecule has 0 rings (SSSR count). The first kappa shape index (κ1) is 16.9. The zero-order chi connectivity index (χ0) is 9.94. The van der Waals surface area contributed by atoms with Crippen LogP contribution in [-0.4, -0.2) is 39.1 Å². The van der Waals surface area contributed by atoms with Crippen LogP contribution in [0.15, 0.2) is 0 Å². The van der Waals surface area contributed by atoms with Crippen molar-refractivity contribution in [2.75, 3.05) is 26.8 Å². The molecule has 2 amide bonds. The molecule has 2 N–H and O–H groups in total. The zero-order valence-electron chi connectivity index (χ0n) is 8.76. The van der Waals surface area contributed by atoms with Gasteiger partial charge in [-0.1, -0.05) is 0 Å². The van der Waals surface area contributed by atoms with Gasteiger partial charge in [0.2, 0.25) is 5.91 Å². The van der Waals surface area contributed by atoms with Crippen molar-refractivity contribution in [2.24, 2.45) is 0 Å². The SMILES string of the molecule is COCC(=O)NCCCCN[C-]=O.[K+]. The Bertz CT molecular complexity index is 156. The Balaban J connectivity index is 0. The monoisotopic (exact) mass is 226 g/mol. The van der Waals surface area contributed by atoms with E-state index in [-0.39, 0.29) is 63.9 Å². The van der Waals surface area contributed by atoms with Gasteiger partial charge in [-0.2, -0.15) is 6.41 Å². The molecule has 0 atom stereocenters. The molecule has 0 aromatic heterocycles. The topological polar surface area (TPSA) is 67.4 Å². The molecule has 76 valence electrons. The van der Waals surface area contributed by atoms with Crippen LogP contribution in [0.3, 0.4) is 0 Å². The van der Waals surface area contributed by atoms with E-state index in [2.05, 4.69) is 15.4 Å². The van der Waals surface area contributed by atoms with Crippen LogP contribution >= 0.6 is 0 Å². The third kappa shape index (κ3) is 12.5. The van der Waals surface area contributed by atoms with Gasteiger partial charge < -0.3 is 20.2 Å². The predicted octanol–water partition coefficient (Wildman–Crippen LogP) is -3.81. The van der Waals surface area contributed by atoms with E-state index in [0.717, 1.165) is 12.8 Å². The number of rotatable bonds is 8. The molecule has 0 heterocycles. The van der Waals surface area contributed by atoms with E-state index < -0.39 is 0 Å². The van der Waals surface area contributed by atoms with Crippen molar-refractivity contribution >= 4 is 12.3 Å². The molecule has 0 unspecified atom stereocenters. The smallest absolute Gasteiger partial charge is 0.530 e. The van der Waals surface area contributed by atoms with Gasteiger partial charge in [0.1, 0.15) is 6.61 Å².